The van der Waals surface area contributed by atoms with Crippen LogP contribution < -0.4 is 16.9 Å². The Morgan fingerprint density at radius 3 is 1.69 bits per heavy atom. The van der Waals surface area contributed by atoms with E-state index >= 15 is 0 Å². The van der Waals surface area contributed by atoms with Crippen molar-refractivity contribution in [2.75, 3.05) is 0 Å². The van der Waals surface area contributed by atoms with Crippen LogP contribution in [0.2, 0.25) is 0 Å². The van der Waals surface area contributed by atoms with Crippen LogP contribution in [0.1, 0.15) is 11.1 Å². The van der Waals surface area contributed by atoms with Crippen LogP contribution in [0.15, 0.2) is 73.6 Å². The number of hydrogen-bond acceptors (Lipinski definition) is 9. The molecular weight excluding hydrogens is 523 g/mol. The Balaban J connectivity index is 0.000000197. The number of pyridine rings is 2. The number of hydrogen-bond donors (Lipinski definition) is 2. The van der Waals surface area contributed by atoms with Gasteiger partial charge in [-0.2, -0.15) is 10.2 Å². The van der Waals surface area contributed by atoms with Crippen LogP contribution in [0.25, 0.3) is 11.6 Å². The minimum absolute atomic E-state index is 0.367. The maximum absolute atomic E-state index is 9.51. The van der Waals surface area contributed by atoms with E-state index in [0.29, 0.717) is 13.2 Å². The number of halogens is 3. The van der Waals surface area contributed by atoms with Crippen molar-refractivity contribution in [2.45, 2.75) is 17.0 Å². The fraction of sp³-hybridized carbons (Fsp3) is 0.150. The van der Waals surface area contributed by atoms with Crippen LogP contribution in [-0.4, -0.2) is 39.3 Å². The van der Waals surface area contributed by atoms with Gasteiger partial charge in [0.25, 0.3) is 0 Å². The summed E-state index contributed by atoms with van der Waals surface area (Å²) >= 11 is 14.2. The van der Waals surface area contributed by atoms with E-state index in [0.717, 1.165) is 22.8 Å². The molecule has 5 N–H and O–H groups in total. The predicted molar refractivity (Wildman–Crippen MR) is 125 cm³/mol. The first kappa shape index (κ1) is 28.1. The summed E-state index contributed by atoms with van der Waals surface area (Å²) in [5, 5.41) is 17.6. The maximum atomic E-state index is 9.51. The molecular formula is C20H21Cl3N8O4. The third-order valence-electron chi connectivity index (χ3n) is 3.85. The molecule has 4 aromatic heterocycles. The Bertz CT molecular complexity index is 1040. The Morgan fingerprint density at radius 2 is 1.40 bits per heavy atom. The Morgan fingerprint density at radius 1 is 0.943 bits per heavy atom. The second-order valence-corrected chi connectivity index (χ2v) is 8.68. The van der Waals surface area contributed by atoms with Crippen LogP contribution >= 0.6 is 34.8 Å². The number of alkyl halides is 3. The number of nitrogens with zero attached hydrogens (tertiary/aromatic N) is 6. The summed E-state index contributed by atoms with van der Waals surface area (Å²) in [5.41, 5.74) is 1.93. The van der Waals surface area contributed by atoms with Gasteiger partial charge >= 0.3 is 0 Å². The van der Waals surface area contributed by atoms with Gasteiger partial charge in [-0.15, -0.1) is 0 Å². The first-order valence-corrected chi connectivity index (χ1v) is 10.7. The van der Waals surface area contributed by atoms with E-state index < -0.39 is 9.76 Å². The van der Waals surface area contributed by atoms with Gasteiger partial charge in [-0.3, -0.25) is 4.84 Å². The fourth-order valence-corrected chi connectivity index (χ4v) is 2.30. The van der Waals surface area contributed by atoms with Crippen molar-refractivity contribution >= 4 is 40.8 Å². The topological polar surface area (TPSA) is 174 Å². The second kappa shape index (κ2) is 14.3. The number of aromatic nitrogens is 6. The first-order valence-electron chi connectivity index (χ1n) is 9.61. The zero-order valence-corrected chi connectivity index (χ0v) is 20.3. The summed E-state index contributed by atoms with van der Waals surface area (Å²) < 4.78 is 1.11. The fourth-order valence-electron chi connectivity index (χ4n) is 2.30. The highest BCUT2D eigenvalue weighted by molar-refractivity contribution is 6.75. The first-order chi connectivity index (χ1) is 16.7. The molecule has 0 atom stereocenters. The second-order valence-electron chi connectivity index (χ2n) is 6.40. The third kappa shape index (κ3) is 9.96. The third-order valence-corrected chi connectivity index (χ3v) is 4.31. The van der Waals surface area contributed by atoms with Crippen LogP contribution in [0.4, 0.5) is 0 Å². The van der Waals surface area contributed by atoms with Gasteiger partial charge in [0.15, 0.2) is 11.6 Å². The van der Waals surface area contributed by atoms with E-state index in [1.165, 1.54) is 0 Å². The molecule has 0 aliphatic rings. The van der Waals surface area contributed by atoms with Gasteiger partial charge < -0.3 is 9.90 Å². The van der Waals surface area contributed by atoms with E-state index in [-0.39, 0.29) is 0 Å². The lowest BCUT2D eigenvalue weighted by Gasteiger charge is -2.09. The largest absolute Gasteiger partial charge is 0.545 e. The number of nitrogens with two attached hydrogens (primary N) is 1. The molecule has 186 valence electrons. The van der Waals surface area contributed by atoms with Gasteiger partial charge in [-0.05, 0) is 29.8 Å². The number of aliphatic carboxylic acids is 1. The highest BCUT2D eigenvalue weighted by Crippen LogP contribution is 2.24. The van der Waals surface area contributed by atoms with Gasteiger partial charge in [0.1, 0.15) is 6.61 Å². The molecule has 0 radical (unpaired) electrons. The van der Waals surface area contributed by atoms with Crippen molar-refractivity contribution in [3.05, 3.63) is 84.7 Å². The van der Waals surface area contributed by atoms with E-state index in [1.54, 1.807) is 34.2 Å². The van der Waals surface area contributed by atoms with Gasteiger partial charge in [0, 0.05) is 42.7 Å². The number of carbonyl (C=O) groups excluding carboxylic acids is 1. The summed E-state index contributed by atoms with van der Waals surface area (Å²) in [6, 6.07) is 11.3. The van der Waals surface area contributed by atoms with Gasteiger partial charge in [-0.25, -0.2) is 36.0 Å². The lowest BCUT2D eigenvalue weighted by molar-refractivity contribution is -0.695. The van der Waals surface area contributed by atoms with Crippen LogP contribution in [0, 0.1) is 0 Å². The maximum Gasteiger partial charge on any atom is 0.230 e. The van der Waals surface area contributed by atoms with Crippen LogP contribution in [0.5, 0.6) is 0 Å². The molecule has 0 spiro atoms. The molecule has 4 heterocycles. The van der Waals surface area contributed by atoms with Gasteiger partial charge in [-0.1, -0.05) is 46.9 Å². The molecule has 0 aliphatic carbocycles. The zero-order chi connectivity index (χ0) is 25.7. The Labute approximate surface area is 214 Å². The molecule has 0 amide bonds. The van der Waals surface area contributed by atoms with E-state index in [1.807, 2.05) is 48.8 Å². The van der Waals surface area contributed by atoms with E-state index in [2.05, 4.69) is 30.9 Å². The summed E-state index contributed by atoms with van der Waals surface area (Å²) in [4.78, 5) is 27.2. The summed E-state index contributed by atoms with van der Waals surface area (Å²) in [6.45, 7) is 0.846. The van der Waals surface area contributed by atoms with Gasteiger partial charge in [0.05, 0.1) is 12.6 Å². The van der Waals surface area contributed by atoms with Crippen molar-refractivity contribution in [3.63, 3.8) is 0 Å². The molecule has 12 nitrogen and oxygen atoms in total. The lowest BCUT2D eigenvalue weighted by atomic mass is 10.3. The van der Waals surface area contributed by atoms with E-state index in [4.69, 9.17) is 45.5 Å². The summed E-state index contributed by atoms with van der Waals surface area (Å²) in [7, 11) is 0. The molecule has 0 unspecified atom stereocenters. The average molecular weight is 544 g/mol. The zero-order valence-electron chi connectivity index (χ0n) is 18.1. The molecule has 0 aliphatic heterocycles. The normalized spacial score (nSPS) is 10.5. The SMILES string of the molecule is NOCc1ccc(-n2cccn2)nc1.O=C([O-])C(Cl)(Cl)Cl.[NH3+]OCc1ccc(-n2cccn2)nc1. The summed E-state index contributed by atoms with van der Waals surface area (Å²) in [5.74, 6) is 8.11. The molecule has 15 heteroatoms. The number of rotatable bonds is 6. The highest BCUT2D eigenvalue weighted by Gasteiger charge is 2.20. The van der Waals surface area contributed by atoms with Crippen molar-refractivity contribution in [1.82, 2.24) is 29.5 Å². The number of quaternary nitrogens is 1. The number of carboxylic acids is 1. The molecule has 0 saturated heterocycles. The number of carboxylic acid groups (broad SMARTS) is 1. The lowest BCUT2D eigenvalue weighted by Crippen LogP contribution is -2.48. The molecule has 35 heavy (non-hydrogen) atoms. The highest BCUT2D eigenvalue weighted by atomic mass is 35.6. The molecule has 0 fully saturated rings. The minimum atomic E-state index is -2.28. The van der Waals surface area contributed by atoms with Crippen molar-refractivity contribution < 1.29 is 25.5 Å². The van der Waals surface area contributed by atoms with Crippen molar-refractivity contribution in [2.24, 2.45) is 5.90 Å². The Hall–Kier alpha value is -3.10. The van der Waals surface area contributed by atoms with E-state index in [9.17, 15) is 9.90 Å². The summed E-state index contributed by atoms with van der Waals surface area (Å²) in [6.07, 6.45) is 10.6. The van der Waals surface area contributed by atoms with Gasteiger partial charge in [0.2, 0.25) is 3.79 Å². The quantitative estimate of drug-likeness (QED) is 0.262. The molecule has 0 bridgehead atoms. The molecule has 0 saturated carbocycles. The average Bonchev–Trinajstić information content (AvgIpc) is 3.56. The Kier molecular flexibility index (Phi) is 11.5. The predicted octanol–water partition coefficient (Wildman–Crippen LogP) is 0.705. The monoisotopic (exact) mass is 542 g/mol. The van der Waals surface area contributed by atoms with Crippen molar-refractivity contribution in [3.8, 4) is 11.6 Å². The molecule has 0 aromatic carbocycles. The number of carbonyl (C=O) groups is 1. The smallest absolute Gasteiger partial charge is 0.230 e. The standard InChI is InChI=1S/C9H11N4O.C9H10N4O.C2HCl3O2/c2*10-14-7-8-2-3-9(11-6-8)13-5-1-4-12-13;3-2(4,5)1(6)7/h1-6H,7H2,10H3;1-6H,7,10H2;(H,6,7)/q+1;;/p-1. The van der Waals surface area contributed by atoms with Crippen molar-refractivity contribution in [1.29, 1.82) is 0 Å². The molecule has 4 aromatic rings. The van der Waals surface area contributed by atoms with Crippen LogP contribution in [-0.2, 0) is 27.7 Å². The van der Waals surface area contributed by atoms with Crippen LogP contribution in [0.3, 0.4) is 0 Å². The minimum Gasteiger partial charge on any atom is -0.545 e. The molecule has 4 rings (SSSR count).